The molecule has 2 N–H and O–H groups in total. The topological polar surface area (TPSA) is 109 Å². The highest BCUT2D eigenvalue weighted by Crippen LogP contribution is 2.28. The van der Waals surface area contributed by atoms with Gasteiger partial charge in [-0.1, -0.05) is 0 Å². The van der Waals surface area contributed by atoms with E-state index in [9.17, 15) is 18.0 Å². The third kappa shape index (κ3) is 3.48. The SMILES string of the molecule is O=C(O)CC1CCS(=O)(=O)CCC1C(=O)O. The Morgan fingerprint density at radius 1 is 1.12 bits per heavy atom. The van der Waals surface area contributed by atoms with E-state index in [4.69, 9.17) is 10.2 Å². The number of aliphatic carboxylic acids is 2. The third-order valence-electron chi connectivity index (χ3n) is 2.86. The zero-order valence-corrected chi connectivity index (χ0v) is 9.44. The second-order valence-corrected chi connectivity index (χ2v) is 6.34. The summed E-state index contributed by atoms with van der Waals surface area (Å²) < 4.78 is 22.7. The Labute approximate surface area is 93.2 Å². The van der Waals surface area contributed by atoms with E-state index in [1.807, 2.05) is 0 Å². The van der Waals surface area contributed by atoms with Crippen molar-refractivity contribution in [3.05, 3.63) is 0 Å². The van der Waals surface area contributed by atoms with Gasteiger partial charge in [-0.2, -0.15) is 0 Å². The summed E-state index contributed by atoms with van der Waals surface area (Å²) in [6, 6.07) is 0. The molecule has 92 valence electrons. The van der Waals surface area contributed by atoms with E-state index < -0.39 is 33.6 Å². The highest BCUT2D eigenvalue weighted by atomic mass is 32.2. The van der Waals surface area contributed by atoms with Crippen LogP contribution in [0.5, 0.6) is 0 Å². The Balaban J connectivity index is 2.84. The van der Waals surface area contributed by atoms with Crippen LogP contribution in [0.1, 0.15) is 19.3 Å². The van der Waals surface area contributed by atoms with E-state index >= 15 is 0 Å². The molecule has 0 bridgehead atoms. The molecule has 0 aromatic carbocycles. The first-order chi connectivity index (χ1) is 7.32. The maximum atomic E-state index is 11.3. The van der Waals surface area contributed by atoms with Gasteiger partial charge in [0, 0.05) is 6.42 Å². The molecule has 0 spiro atoms. The third-order valence-corrected chi connectivity index (χ3v) is 4.58. The summed E-state index contributed by atoms with van der Waals surface area (Å²) in [5.41, 5.74) is 0. The van der Waals surface area contributed by atoms with E-state index in [2.05, 4.69) is 0 Å². The summed E-state index contributed by atoms with van der Waals surface area (Å²) in [4.78, 5) is 21.5. The summed E-state index contributed by atoms with van der Waals surface area (Å²) >= 11 is 0. The van der Waals surface area contributed by atoms with Crippen molar-refractivity contribution in [1.29, 1.82) is 0 Å². The Morgan fingerprint density at radius 3 is 2.19 bits per heavy atom. The summed E-state index contributed by atoms with van der Waals surface area (Å²) in [5.74, 6) is -3.94. The number of sulfone groups is 1. The fraction of sp³-hybridized carbons (Fsp3) is 0.778. The quantitative estimate of drug-likeness (QED) is 0.729. The fourth-order valence-electron chi connectivity index (χ4n) is 1.97. The van der Waals surface area contributed by atoms with Crippen LogP contribution in [-0.2, 0) is 19.4 Å². The van der Waals surface area contributed by atoms with Gasteiger partial charge in [0.1, 0.15) is 9.84 Å². The minimum absolute atomic E-state index is 0.00954. The number of carboxylic acid groups (broad SMARTS) is 2. The molecular formula is C9H14O6S. The van der Waals surface area contributed by atoms with Crippen molar-refractivity contribution in [3.63, 3.8) is 0 Å². The molecular weight excluding hydrogens is 236 g/mol. The number of hydrogen-bond donors (Lipinski definition) is 2. The number of hydrogen-bond acceptors (Lipinski definition) is 4. The van der Waals surface area contributed by atoms with Gasteiger partial charge in [-0.05, 0) is 18.8 Å². The molecule has 1 fully saturated rings. The first kappa shape index (κ1) is 13.0. The molecule has 6 nitrogen and oxygen atoms in total. The minimum atomic E-state index is -3.21. The largest absolute Gasteiger partial charge is 0.481 e. The second-order valence-electron chi connectivity index (χ2n) is 4.03. The summed E-state index contributed by atoms with van der Waals surface area (Å²) in [5, 5.41) is 17.6. The predicted octanol–water partition coefficient (Wildman–Crippen LogP) is -0.0133. The molecule has 2 atom stereocenters. The lowest BCUT2D eigenvalue weighted by Gasteiger charge is -2.18. The van der Waals surface area contributed by atoms with Crippen molar-refractivity contribution in [2.75, 3.05) is 11.5 Å². The fourth-order valence-corrected chi connectivity index (χ4v) is 3.45. The molecule has 0 aliphatic carbocycles. The van der Waals surface area contributed by atoms with E-state index in [0.29, 0.717) is 0 Å². The smallest absolute Gasteiger partial charge is 0.306 e. The van der Waals surface area contributed by atoms with Crippen LogP contribution >= 0.6 is 0 Å². The lowest BCUT2D eigenvalue weighted by Crippen LogP contribution is -2.25. The maximum absolute atomic E-state index is 11.3. The lowest BCUT2D eigenvalue weighted by molar-refractivity contribution is -0.145. The molecule has 1 saturated heterocycles. The molecule has 7 heteroatoms. The van der Waals surface area contributed by atoms with Gasteiger partial charge in [-0.15, -0.1) is 0 Å². The van der Waals surface area contributed by atoms with Crippen molar-refractivity contribution >= 4 is 21.8 Å². The van der Waals surface area contributed by atoms with Crippen LogP contribution in [0.15, 0.2) is 0 Å². The van der Waals surface area contributed by atoms with Crippen molar-refractivity contribution < 1.29 is 28.2 Å². The van der Waals surface area contributed by atoms with Gasteiger partial charge in [0.15, 0.2) is 0 Å². The van der Waals surface area contributed by atoms with E-state index in [1.54, 1.807) is 0 Å². The van der Waals surface area contributed by atoms with Crippen LogP contribution in [0.2, 0.25) is 0 Å². The van der Waals surface area contributed by atoms with Gasteiger partial charge in [-0.3, -0.25) is 9.59 Å². The molecule has 2 unspecified atom stereocenters. The minimum Gasteiger partial charge on any atom is -0.481 e. The Bertz CT molecular complexity index is 385. The van der Waals surface area contributed by atoms with Crippen LogP contribution in [0.4, 0.5) is 0 Å². The van der Waals surface area contributed by atoms with Crippen molar-refractivity contribution in [3.8, 4) is 0 Å². The van der Waals surface area contributed by atoms with Gasteiger partial charge >= 0.3 is 11.9 Å². The number of rotatable bonds is 3. The number of carbonyl (C=O) groups is 2. The van der Waals surface area contributed by atoms with Crippen molar-refractivity contribution in [2.45, 2.75) is 19.3 Å². The molecule has 0 aromatic heterocycles. The molecule has 0 saturated carbocycles. The molecule has 0 aromatic rings. The zero-order valence-electron chi connectivity index (χ0n) is 8.63. The van der Waals surface area contributed by atoms with Crippen LogP contribution in [0.3, 0.4) is 0 Å². The van der Waals surface area contributed by atoms with E-state index in [1.165, 1.54) is 0 Å². The molecule has 0 radical (unpaired) electrons. The first-order valence-electron chi connectivity index (χ1n) is 4.97. The maximum Gasteiger partial charge on any atom is 0.306 e. The van der Waals surface area contributed by atoms with Crippen LogP contribution in [-0.4, -0.2) is 42.1 Å². The Kier molecular flexibility index (Phi) is 3.90. The Morgan fingerprint density at radius 2 is 1.69 bits per heavy atom. The standard InChI is InChI=1S/C9H14O6S/c10-8(11)5-6-1-3-16(14,15)4-2-7(6)9(12)13/h6-7H,1-5H2,(H,10,11)(H,12,13). The van der Waals surface area contributed by atoms with Crippen LogP contribution in [0.25, 0.3) is 0 Å². The summed E-state index contributed by atoms with van der Waals surface area (Å²) in [6.45, 7) is 0. The predicted molar refractivity (Wildman–Crippen MR) is 54.8 cm³/mol. The van der Waals surface area contributed by atoms with Gasteiger partial charge in [-0.25, -0.2) is 8.42 Å². The van der Waals surface area contributed by atoms with E-state index in [-0.39, 0.29) is 30.8 Å². The van der Waals surface area contributed by atoms with Crippen molar-refractivity contribution in [1.82, 2.24) is 0 Å². The zero-order chi connectivity index (χ0) is 12.3. The second kappa shape index (κ2) is 4.82. The first-order valence-corrected chi connectivity index (χ1v) is 6.79. The normalized spacial score (nSPS) is 29.2. The van der Waals surface area contributed by atoms with Gasteiger partial charge in [0.2, 0.25) is 0 Å². The molecule has 1 heterocycles. The average molecular weight is 250 g/mol. The molecule has 1 aliphatic rings. The molecule has 1 aliphatic heterocycles. The van der Waals surface area contributed by atoms with Crippen molar-refractivity contribution in [2.24, 2.45) is 11.8 Å². The highest BCUT2D eigenvalue weighted by molar-refractivity contribution is 7.91. The molecule has 16 heavy (non-hydrogen) atoms. The highest BCUT2D eigenvalue weighted by Gasteiger charge is 2.34. The summed E-state index contributed by atoms with van der Waals surface area (Å²) in [6.07, 6.45) is -0.159. The van der Waals surface area contributed by atoms with Gasteiger partial charge in [0.05, 0.1) is 17.4 Å². The van der Waals surface area contributed by atoms with Crippen LogP contribution < -0.4 is 0 Å². The Hall–Kier alpha value is -1.11. The number of carboxylic acids is 2. The van der Waals surface area contributed by atoms with E-state index in [0.717, 1.165) is 0 Å². The average Bonchev–Trinajstić information content (AvgIpc) is 2.25. The summed E-state index contributed by atoms with van der Waals surface area (Å²) in [7, 11) is -3.21. The lowest BCUT2D eigenvalue weighted by atomic mass is 9.85. The molecule has 0 amide bonds. The molecule has 1 rings (SSSR count). The van der Waals surface area contributed by atoms with Gasteiger partial charge < -0.3 is 10.2 Å². The van der Waals surface area contributed by atoms with Gasteiger partial charge in [0.25, 0.3) is 0 Å². The van der Waals surface area contributed by atoms with Crippen LogP contribution in [0, 0.1) is 11.8 Å². The monoisotopic (exact) mass is 250 g/mol.